The highest BCUT2D eigenvalue weighted by Crippen LogP contribution is 2.43. The molecule has 24 nitrogen and oxygen atoms in total. The van der Waals surface area contributed by atoms with Crippen molar-refractivity contribution in [2.75, 3.05) is 39.3 Å². The summed E-state index contributed by atoms with van der Waals surface area (Å²) in [6, 6.07) is 28.6. The molecule has 30 heteroatoms. The summed E-state index contributed by atoms with van der Waals surface area (Å²) in [7, 11) is -0.722. The van der Waals surface area contributed by atoms with Crippen molar-refractivity contribution in [3.8, 4) is 45.8 Å². The standard InChI is InChI=1S/C23H32N2O4.C18H17NO3.C16H17N3O5S.C13H9Cl2F3N2O4/c1-7-16-13-15(3)14-17(8-2)18(16)19-20(26)24-9-11-28-12-10-25(24)21(19)29-22(27)23(4,5)6;1-2-21-17(20)16-13-18(22-19-16,14-9-5-3-6-10-14)15-11-7-4-8-12-15;1-9-10(15(20)11-8-17-19(2)16(11)21)4-5-13(25(3,22)23)14(9)12-6-7-24-18-12;1-20-12(24-13(17)18)10(15)11(19-20)5-2-8(23-4-9(21)22)6(14)3-7(5)16/h13-14H,7-12H2,1-6H3;3-12H,2,13H2,1H3;4-5,8,21H,6-7H2,1-3H3;2-3,13H,4H2,1H3,(H,21,22). The Morgan fingerprint density at radius 2 is 1.42 bits per heavy atom. The third-order valence-electron chi connectivity index (χ3n) is 15.9. The highest BCUT2D eigenvalue weighted by atomic mass is 35.5. The van der Waals surface area contributed by atoms with Gasteiger partial charge in [0, 0.05) is 54.6 Å². The molecule has 8 aromatic rings. The van der Waals surface area contributed by atoms with E-state index in [1.807, 2.05) is 81.4 Å². The Hall–Kier alpha value is -9.77. The van der Waals surface area contributed by atoms with Gasteiger partial charge in [0.1, 0.15) is 40.0 Å². The van der Waals surface area contributed by atoms with Crippen LogP contribution in [0.3, 0.4) is 0 Å². The fourth-order valence-electron chi connectivity index (χ4n) is 11.1. The second kappa shape index (κ2) is 32.5. The molecule has 3 aliphatic heterocycles. The molecule has 0 spiro atoms. The van der Waals surface area contributed by atoms with Crippen molar-refractivity contribution in [3.05, 3.63) is 180 Å². The number of aromatic nitrogens is 6. The number of carboxylic acid groups (broad SMARTS) is 1. The number of carbonyl (C=O) groups excluding carboxylic acids is 3. The number of hydrogen-bond acceptors (Lipinski definition) is 19. The van der Waals surface area contributed by atoms with Gasteiger partial charge in [0.25, 0.3) is 5.56 Å². The summed E-state index contributed by atoms with van der Waals surface area (Å²) in [4.78, 5) is 72.5. The molecule has 2 N–H and O–H groups in total. The zero-order chi connectivity index (χ0) is 73.1. The average molecular weight is 1440 g/mol. The van der Waals surface area contributed by atoms with Gasteiger partial charge in [-0.05, 0) is 101 Å². The summed E-state index contributed by atoms with van der Waals surface area (Å²) < 4.78 is 94.4. The van der Waals surface area contributed by atoms with Crippen LogP contribution in [0.2, 0.25) is 10.0 Å². The van der Waals surface area contributed by atoms with Crippen LogP contribution in [0.25, 0.3) is 22.4 Å². The van der Waals surface area contributed by atoms with Gasteiger partial charge in [-0.1, -0.05) is 126 Å². The Morgan fingerprint density at radius 3 is 1.95 bits per heavy atom. The number of esters is 2. The van der Waals surface area contributed by atoms with Crippen LogP contribution in [0, 0.1) is 25.1 Å². The van der Waals surface area contributed by atoms with Gasteiger partial charge in [0.15, 0.2) is 33.5 Å². The lowest BCUT2D eigenvalue weighted by Crippen LogP contribution is -2.29. The minimum absolute atomic E-state index is 0.0493. The number of nitrogens with zero attached hydrogens (tertiary/aromatic N) is 8. The third-order valence-corrected chi connectivity index (χ3v) is 17.7. The van der Waals surface area contributed by atoms with Crippen LogP contribution in [0.5, 0.6) is 23.4 Å². The van der Waals surface area contributed by atoms with Gasteiger partial charge in [-0.2, -0.15) is 19.0 Å². The van der Waals surface area contributed by atoms with E-state index < -0.39 is 63.5 Å². The molecule has 0 radical (unpaired) electrons. The SMILES string of the molecule is CCOC(=O)C1=NOC(c2ccccc2)(c2ccccc2)C1.CCc1cc(C)cc(CC)c1-c1c(OC(=O)C(C)(C)C)n2n(c1=O)CCOCC2.Cc1c(C(=O)c2cnn(C)c2O)ccc(S(C)(=O)=O)c1C1=NOCC1.Cn1nc(-c2cc(OCC(=O)O)c(Cl)cc2F)c(Cl)c1OC(F)F. The molecule has 0 saturated heterocycles. The number of halogens is 5. The summed E-state index contributed by atoms with van der Waals surface area (Å²) in [5.41, 5.74) is 6.72. The first kappa shape index (κ1) is 76.0. The number of ether oxygens (including phenoxy) is 5. The molecule has 6 heterocycles. The number of rotatable bonds is 18. The van der Waals surface area contributed by atoms with Gasteiger partial charge in [0.05, 0.1) is 66.6 Å². The summed E-state index contributed by atoms with van der Waals surface area (Å²) in [5, 5.41) is 33.7. The van der Waals surface area contributed by atoms with Gasteiger partial charge in [0.2, 0.25) is 17.6 Å². The zero-order valence-corrected chi connectivity index (χ0v) is 59.0. The number of carbonyl (C=O) groups is 4. The van der Waals surface area contributed by atoms with Gasteiger partial charge >= 0.3 is 24.5 Å². The number of ketones is 1. The molecule has 5 aromatic carbocycles. The second-order valence-electron chi connectivity index (χ2n) is 24.0. The molecule has 3 aliphatic rings. The monoisotopic (exact) mass is 1440 g/mol. The van der Waals surface area contributed by atoms with Gasteiger partial charge in [-0.15, -0.1) is 0 Å². The van der Waals surface area contributed by atoms with Crippen LogP contribution >= 0.6 is 23.2 Å². The molecule has 0 fully saturated rings. The minimum Gasteiger partial charge on any atom is -0.493 e. The highest BCUT2D eigenvalue weighted by Gasteiger charge is 2.45. The summed E-state index contributed by atoms with van der Waals surface area (Å²) in [5.74, 6) is -3.83. The van der Waals surface area contributed by atoms with Crippen molar-refractivity contribution in [3.63, 3.8) is 0 Å². The van der Waals surface area contributed by atoms with Crippen molar-refractivity contribution in [1.29, 1.82) is 0 Å². The highest BCUT2D eigenvalue weighted by molar-refractivity contribution is 7.90. The average Bonchev–Trinajstić information content (AvgIpc) is 1.55. The maximum atomic E-state index is 14.1. The van der Waals surface area contributed by atoms with E-state index in [1.54, 1.807) is 23.2 Å². The van der Waals surface area contributed by atoms with E-state index in [2.05, 4.69) is 58.1 Å². The molecule has 3 aromatic heterocycles. The lowest BCUT2D eigenvalue weighted by molar-refractivity contribution is -0.143. The third kappa shape index (κ3) is 17.1. The van der Waals surface area contributed by atoms with E-state index in [-0.39, 0.29) is 60.5 Å². The number of oxime groups is 2. The Kier molecular flexibility index (Phi) is 24.7. The van der Waals surface area contributed by atoms with Crippen LogP contribution in [0.1, 0.15) is 109 Å². The number of fused-ring (bicyclic) bond motifs is 1. The Labute approximate surface area is 584 Å². The summed E-state index contributed by atoms with van der Waals surface area (Å²) >= 11 is 11.7. The first-order valence-electron chi connectivity index (χ1n) is 31.5. The molecule has 0 amide bonds. The van der Waals surface area contributed by atoms with Gasteiger partial charge in [-0.3, -0.25) is 14.4 Å². The number of aliphatic carboxylic acids is 1. The molecule has 0 atom stereocenters. The number of alkyl halides is 2. The molecule has 532 valence electrons. The number of aromatic hydroxyl groups is 1. The number of hydrogen-bond donors (Lipinski definition) is 2. The van der Waals surface area contributed by atoms with Crippen molar-refractivity contribution in [2.45, 2.75) is 111 Å². The summed E-state index contributed by atoms with van der Waals surface area (Å²) in [6.07, 6.45) is 4.79. The van der Waals surface area contributed by atoms with Crippen LogP contribution in [0.4, 0.5) is 13.2 Å². The van der Waals surface area contributed by atoms with Crippen molar-refractivity contribution >= 4 is 68.2 Å². The Balaban J connectivity index is 0.000000170. The number of benzene rings is 5. The maximum Gasteiger partial charge on any atom is 0.388 e. The number of aryl methyl sites for hydroxylation is 5. The molecular formula is C70H75Cl2F3N8O16S. The van der Waals surface area contributed by atoms with Crippen molar-refractivity contribution < 1.29 is 84.3 Å². The Morgan fingerprint density at radius 1 is 0.800 bits per heavy atom. The summed E-state index contributed by atoms with van der Waals surface area (Å²) in [6.45, 7) is 13.8. The normalized spacial score (nSPS) is 13.8. The quantitative estimate of drug-likeness (QED) is 0.0596. The molecule has 100 heavy (non-hydrogen) atoms. The Bertz CT molecular complexity index is 4540. The van der Waals surface area contributed by atoms with E-state index in [4.69, 9.17) is 56.9 Å². The van der Waals surface area contributed by atoms with Crippen LogP contribution < -0.4 is 19.8 Å². The van der Waals surface area contributed by atoms with Gasteiger partial charge in [-0.25, -0.2) is 41.1 Å². The van der Waals surface area contributed by atoms with E-state index in [0.29, 0.717) is 86.4 Å². The van der Waals surface area contributed by atoms with Crippen molar-refractivity contribution in [1.82, 2.24) is 28.9 Å². The largest absolute Gasteiger partial charge is 0.493 e. The topological polar surface area (TPSA) is 295 Å². The molecule has 0 aliphatic carbocycles. The first-order chi connectivity index (χ1) is 47.4. The van der Waals surface area contributed by atoms with Gasteiger partial charge < -0.3 is 43.6 Å². The first-order valence-corrected chi connectivity index (χ1v) is 34.1. The molecular weight excluding hydrogens is 1370 g/mol. The molecule has 0 unspecified atom stereocenters. The second-order valence-corrected chi connectivity index (χ2v) is 26.8. The number of carboxylic acids is 1. The van der Waals surface area contributed by atoms with E-state index in [0.717, 1.165) is 63.7 Å². The minimum atomic E-state index is -3.52. The molecule has 0 saturated carbocycles. The predicted molar refractivity (Wildman–Crippen MR) is 365 cm³/mol. The van der Waals surface area contributed by atoms with Crippen LogP contribution in [-0.2, 0) is 89.0 Å². The fraction of sp³-hybridized carbons (Fsp3) is 0.357. The lowest BCUT2D eigenvalue weighted by atomic mass is 9.82. The lowest BCUT2D eigenvalue weighted by Gasteiger charge is -2.27. The zero-order valence-electron chi connectivity index (χ0n) is 56.7. The van der Waals surface area contributed by atoms with Crippen LogP contribution in [0.15, 0.2) is 123 Å². The van der Waals surface area contributed by atoms with Crippen LogP contribution in [-0.4, -0.2) is 129 Å². The molecule has 11 rings (SSSR count). The number of sulfone groups is 1. The predicted octanol–water partition coefficient (Wildman–Crippen LogP) is 11.8. The maximum absolute atomic E-state index is 14.1. The van der Waals surface area contributed by atoms with E-state index in [1.165, 1.54) is 42.7 Å². The fourth-order valence-corrected chi connectivity index (χ4v) is 12.6. The van der Waals surface area contributed by atoms with Crippen molar-refractivity contribution in [2.24, 2.45) is 29.8 Å². The van der Waals surface area contributed by atoms with E-state index >= 15 is 0 Å². The van der Waals surface area contributed by atoms with E-state index in [9.17, 15) is 50.7 Å². The molecule has 0 bridgehead atoms. The smallest absolute Gasteiger partial charge is 0.388 e.